The van der Waals surface area contributed by atoms with Crippen LogP contribution in [0.5, 0.6) is 0 Å². The van der Waals surface area contributed by atoms with E-state index >= 15 is 0 Å². The minimum Gasteiger partial charge on any atom is -0.379 e. The third-order valence-corrected chi connectivity index (χ3v) is 4.05. The van der Waals surface area contributed by atoms with Crippen LogP contribution < -0.4 is 5.32 Å². The fourth-order valence-electron chi connectivity index (χ4n) is 2.37. The van der Waals surface area contributed by atoms with Gasteiger partial charge in [-0.05, 0) is 51.3 Å². The molecule has 0 saturated carbocycles. The minimum absolute atomic E-state index is 0.0789. The first kappa shape index (κ1) is 16.7. The third kappa shape index (κ3) is 5.64. The molecule has 0 aliphatic rings. The van der Waals surface area contributed by atoms with Crippen LogP contribution in [0.2, 0.25) is 0 Å². The van der Waals surface area contributed by atoms with Gasteiger partial charge in [0.2, 0.25) is 0 Å². The van der Waals surface area contributed by atoms with Gasteiger partial charge < -0.3 is 10.1 Å². The van der Waals surface area contributed by atoms with Crippen molar-refractivity contribution in [1.29, 1.82) is 0 Å². The number of ether oxygens (including phenoxy) is 1. The normalized spacial score (nSPS) is 15.3. The summed E-state index contributed by atoms with van der Waals surface area (Å²) in [5.74, 6) is 0. The highest BCUT2D eigenvalue weighted by atomic mass is 79.9. The lowest BCUT2D eigenvalue weighted by Crippen LogP contribution is -2.37. The van der Waals surface area contributed by atoms with E-state index in [0.717, 1.165) is 17.3 Å². The van der Waals surface area contributed by atoms with Crippen molar-refractivity contribution < 1.29 is 4.74 Å². The smallest absolute Gasteiger partial charge is 0.0637 e. The van der Waals surface area contributed by atoms with E-state index in [4.69, 9.17) is 4.74 Å². The van der Waals surface area contributed by atoms with E-state index in [1.54, 1.807) is 7.11 Å². The van der Waals surface area contributed by atoms with Crippen LogP contribution in [0, 0.1) is 0 Å². The molecule has 1 aromatic carbocycles. The zero-order chi connectivity index (χ0) is 14.5. The SMILES string of the molecule is CCC(NC(C)CC(C)(C)OC)c1ccc(Br)cc1. The second kappa shape index (κ2) is 7.41. The summed E-state index contributed by atoms with van der Waals surface area (Å²) in [7, 11) is 1.78. The van der Waals surface area contributed by atoms with Crippen molar-refractivity contribution in [2.75, 3.05) is 7.11 Å². The maximum atomic E-state index is 5.50. The van der Waals surface area contributed by atoms with Gasteiger partial charge in [-0.25, -0.2) is 0 Å². The zero-order valence-electron chi connectivity index (χ0n) is 12.7. The number of benzene rings is 1. The Morgan fingerprint density at radius 3 is 2.32 bits per heavy atom. The second-order valence-corrected chi connectivity index (χ2v) is 6.66. The highest BCUT2D eigenvalue weighted by Crippen LogP contribution is 2.22. The Kier molecular flexibility index (Phi) is 6.51. The fraction of sp³-hybridized carbons (Fsp3) is 0.625. The first-order chi connectivity index (χ1) is 8.88. The van der Waals surface area contributed by atoms with Gasteiger partial charge in [0.1, 0.15) is 0 Å². The van der Waals surface area contributed by atoms with Crippen LogP contribution in [-0.2, 0) is 4.74 Å². The van der Waals surface area contributed by atoms with Crippen LogP contribution in [0.3, 0.4) is 0 Å². The van der Waals surface area contributed by atoms with Gasteiger partial charge in [0, 0.05) is 23.7 Å². The Morgan fingerprint density at radius 1 is 1.26 bits per heavy atom. The van der Waals surface area contributed by atoms with E-state index in [9.17, 15) is 0 Å². The van der Waals surface area contributed by atoms with Crippen molar-refractivity contribution in [3.05, 3.63) is 34.3 Å². The van der Waals surface area contributed by atoms with Gasteiger partial charge in [0.15, 0.2) is 0 Å². The summed E-state index contributed by atoms with van der Waals surface area (Å²) in [4.78, 5) is 0. The average Bonchev–Trinajstić information content (AvgIpc) is 2.36. The zero-order valence-corrected chi connectivity index (χ0v) is 14.3. The third-order valence-electron chi connectivity index (χ3n) is 3.52. The molecular weight excluding hydrogens is 302 g/mol. The van der Waals surface area contributed by atoms with Crippen LogP contribution in [0.4, 0.5) is 0 Å². The molecule has 108 valence electrons. The molecule has 2 nitrogen and oxygen atoms in total. The van der Waals surface area contributed by atoms with Crippen LogP contribution in [0.1, 0.15) is 52.1 Å². The molecule has 3 heteroatoms. The van der Waals surface area contributed by atoms with Gasteiger partial charge in [-0.2, -0.15) is 0 Å². The molecule has 0 aliphatic carbocycles. The molecule has 0 radical (unpaired) electrons. The highest BCUT2D eigenvalue weighted by molar-refractivity contribution is 9.10. The first-order valence-corrected chi connectivity index (χ1v) is 7.74. The Labute approximate surface area is 126 Å². The summed E-state index contributed by atoms with van der Waals surface area (Å²) in [6, 6.07) is 9.38. The van der Waals surface area contributed by atoms with Crippen molar-refractivity contribution in [3.63, 3.8) is 0 Å². The minimum atomic E-state index is -0.0789. The van der Waals surface area contributed by atoms with Gasteiger partial charge in [-0.15, -0.1) is 0 Å². The highest BCUT2D eigenvalue weighted by Gasteiger charge is 2.22. The van der Waals surface area contributed by atoms with E-state index in [1.807, 2.05) is 0 Å². The van der Waals surface area contributed by atoms with Crippen LogP contribution >= 0.6 is 15.9 Å². The summed E-state index contributed by atoms with van der Waals surface area (Å²) in [6.07, 6.45) is 2.08. The van der Waals surface area contributed by atoms with Crippen molar-refractivity contribution in [2.45, 2.75) is 58.2 Å². The molecule has 0 saturated heterocycles. The molecule has 1 rings (SSSR count). The second-order valence-electron chi connectivity index (χ2n) is 5.75. The summed E-state index contributed by atoms with van der Waals surface area (Å²) >= 11 is 3.48. The fourth-order valence-corrected chi connectivity index (χ4v) is 2.63. The monoisotopic (exact) mass is 327 g/mol. The summed E-state index contributed by atoms with van der Waals surface area (Å²) in [5, 5.41) is 3.70. The van der Waals surface area contributed by atoms with Gasteiger partial charge in [-0.1, -0.05) is 35.0 Å². The van der Waals surface area contributed by atoms with Crippen LogP contribution in [0.15, 0.2) is 28.7 Å². The predicted molar refractivity (Wildman–Crippen MR) is 85.5 cm³/mol. The molecule has 2 unspecified atom stereocenters. The number of hydrogen-bond donors (Lipinski definition) is 1. The quantitative estimate of drug-likeness (QED) is 0.784. The number of nitrogens with one attached hydrogen (secondary N) is 1. The van der Waals surface area contributed by atoms with Gasteiger partial charge in [-0.3, -0.25) is 0 Å². The van der Waals surface area contributed by atoms with Crippen LogP contribution in [0.25, 0.3) is 0 Å². The number of halogens is 1. The topological polar surface area (TPSA) is 21.3 Å². The van der Waals surface area contributed by atoms with E-state index in [0.29, 0.717) is 12.1 Å². The molecule has 1 aromatic rings. The molecule has 0 aliphatic heterocycles. The molecule has 0 aromatic heterocycles. The number of hydrogen-bond acceptors (Lipinski definition) is 2. The first-order valence-electron chi connectivity index (χ1n) is 6.94. The molecule has 0 heterocycles. The van der Waals surface area contributed by atoms with E-state index < -0.39 is 0 Å². The molecule has 0 amide bonds. The largest absolute Gasteiger partial charge is 0.379 e. The number of rotatable bonds is 7. The molecule has 1 N–H and O–H groups in total. The lowest BCUT2D eigenvalue weighted by molar-refractivity contribution is 0.00760. The van der Waals surface area contributed by atoms with Gasteiger partial charge in [0.05, 0.1) is 5.60 Å². The summed E-state index contributed by atoms with van der Waals surface area (Å²) < 4.78 is 6.62. The Bertz CT molecular complexity index is 375. The number of methoxy groups -OCH3 is 1. The predicted octanol–water partition coefficient (Wildman–Crippen LogP) is 4.69. The van der Waals surface area contributed by atoms with Crippen molar-refractivity contribution in [2.24, 2.45) is 0 Å². The molecule has 0 spiro atoms. The Balaban J connectivity index is 2.64. The van der Waals surface area contributed by atoms with E-state index in [-0.39, 0.29) is 5.60 Å². The van der Waals surface area contributed by atoms with Gasteiger partial charge >= 0.3 is 0 Å². The Hall–Kier alpha value is -0.380. The summed E-state index contributed by atoms with van der Waals surface area (Å²) in [5.41, 5.74) is 1.26. The lowest BCUT2D eigenvalue weighted by atomic mass is 9.97. The molecule has 2 atom stereocenters. The Morgan fingerprint density at radius 2 is 1.84 bits per heavy atom. The summed E-state index contributed by atoms with van der Waals surface area (Å²) in [6.45, 7) is 8.70. The van der Waals surface area contributed by atoms with Crippen molar-refractivity contribution >= 4 is 15.9 Å². The van der Waals surface area contributed by atoms with Gasteiger partial charge in [0.25, 0.3) is 0 Å². The maximum Gasteiger partial charge on any atom is 0.0637 e. The average molecular weight is 328 g/mol. The standard InChI is InChI=1S/C16H26BrNO/c1-6-15(13-7-9-14(17)10-8-13)18-12(2)11-16(3,4)19-5/h7-10,12,15,18H,6,11H2,1-5H3. The van der Waals surface area contributed by atoms with Crippen LogP contribution in [-0.4, -0.2) is 18.8 Å². The molecule has 0 fully saturated rings. The van der Waals surface area contributed by atoms with Crippen molar-refractivity contribution in [1.82, 2.24) is 5.32 Å². The molecular formula is C16H26BrNO. The molecule has 19 heavy (non-hydrogen) atoms. The lowest BCUT2D eigenvalue weighted by Gasteiger charge is -2.30. The molecule has 0 bridgehead atoms. The maximum absolute atomic E-state index is 5.50. The van der Waals surface area contributed by atoms with Crippen molar-refractivity contribution in [3.8, 4) is 0 Å². The van der Waals surface area contributed by atoms with E-state index in [2.05, 4.69) is 73.2 Å². The van der Waals surface area contributed by atoms with E-state index in [1.165, 1.54) is 5.56 Å².